The maximum absolute atomic E-state index is 4.83. The van der Waals surface area contributed by atoms with Crippen molar-refractivity contribution in [3.05, 3.63) is 18.0 Å². The van der Waals surface area contributed by atoms with Crippen molar-refractivity contribution >= 4 is 0 Å². The summed E-state index contributed by atoms with van der Waals surface area (Å²) in [5, 5.41) is 8.40. The summed E-state index contributed by atoms with van der Waals surface area (Å²) < 4.78 is 2.23. The van der Waals surface area contributed by atoms with Crippen molar-refractivity contribution in [2.24, 2.45) is 5.92 Å². The molecular weight excluding hydrogens is 246 g/mol. The fraction of sp³-hybridized carbons (Fsp3) is 0.824. The number of rotatable bonds is 9. The Morgan fingerprint density at radius 3 is 2.80 bits per heavy atom. The zero-order valence-electron chi connectivity index (χ0n) is 13.3. The average molecular weight is 277 g/mol. The Kier molecular flexibility index (Phi) is 6.58. The maximum Gasteiger partial charge on any atom is 0.0627 e. The molecule has 1 atom stereocenters. The van der Waals surface area contributed by atoms with Crippen LogP contribution in [0.4, 0.5) is 0 Å². The largest absolute Gasteiger partial charge is 0.316 e. The normalized spacial score (nSPS) is 17.7. The number of nitrogens with zero attached hydrogens (tertiary/aromatic N) is 2. The van der Waals surface area contributed by atoms with Gasteiger partial charge in [0.1, 0.15) is 0 Å². The molecule has 0 aromatic carbocycles. The van der Waals surface area contributed by atoms with Gasteiger partial charge in [-0.15, -0.1) is 0 Å². The lowest BCUT2D eigenvalue weighted by Gasteiger charge is -2.16. The molecule has 1 saturated carbocycles. The fourth-order valence-electron chi connectivity index (χ4n) is 3.32. The lowest BCUT2D eigenvalue weighted by molar-refractivity contribution is 0.423. The van der Waals surface area contributed by atoms with Gasteiger partial charge in [-0.3, -0.25) is 4.68 Å². The highest BCUT2D eigenvalue weighted by Gasteiger charge is 2.18. The molecule has 3 heteroatoms. The van der Waals surface area contributed by atoms with E-state index in [1.165, 1.54) is 50.6 Å². The van der Waals surface area contributed by atoms with Crippen molar-refractivity contribution in [3.8, 4) is 0 Å². The van der Waals surface area contributed by atoms with Crippen LogP contribution in [0, 0.1) is 5.92 Å². The standard InChI is InChI=1S/C17H31N3/c1-3-7-15(14-18-11-4-2)13-16-10-12-20(19-16)17-8-5-6-9-17/h10,12,15,17-18H,3-9,11,13-14H2,1-2H3. The predicted octanol–water partition coefficient (Wildman–Crippen LogP) is 3.96. The highest BCUT2D eigenvalue weighted by atomic mass is 15.3. The van der Waals surface area contributed by atoms with E-state index in [4.69, 9.17) is 5.10 Å². The quantitative estimate of drug-likeness (QED) is 0.692. The summed E-state index contributed by atoms with van der Waals surface area (Å²) in [6, 6.07) is 2.91. The van der Waals surface area contributed by atoms with Crippen LogP contribution in [0.2, 0.25) is 0 Å². The third-order valence-corrected chi connectivity index (χ3v) is 4.42. The summed E-state index contributed by atoms with van der Waals surface area (Å²) in [5.41, 5.74) is 1.29. The summed E-state index contributed by atoms with van der Waals surface area (Å²) in [4.78, 5) is 0. The van der Waals surface area contributed by atoms with Crippen molar-refractivity contribution in [2.45, 2.75) is 71.3 Å². The van der Waals surface area contributed by atoms with E-state index < -0.39 is 0 Å². The van der Waals surface area contributed by atoms with Gasteiger partial charge in [-0.05, 0) is 57.2 Å². The molecule has 1 aromatic rings. The molecule has 0 aliphatic heterocycles. The molecule has 1 heterocycles. The van der Waals surface area contributed by atoms with Crippen LogP contribution in [0.5, 0.6) is 0 Å². The van der Waals surface area contributed by atoms with Gasteiger partial charge in [-0.1, -0.05) is 33.1 Å². The SMILES string of the molecule is CCCNCC(CCC)Cc1ccn(C2CCCC2)n1. The topological polar surface area (TPSA) is 29.9 Å². The Morgan fingerprint density at radius 2 is 2.10 bits per heavy atom. The molecule has 114 valence electrons. The Balaban J connectivity index is 1.85. The van der Waals surface area contributed by atoms with Crippen LogP contribution in [-0.2, 0) is 6.42 Å². The predicted molar refractivity (Wildman–Crippen MR) is 85.0 cm³/mol. The first kappa shape index (κ1) is 15.6. The lowest BCUT2D eigenvalue weighted by atomic mass is 9.98. The highest BCUT2D eigenvalue weighted by molar-refractivity contribution is 5.01. The van der Waals surface area contributed by atoms with E-state index in [2.05, 4.69) is 36.1 Å². The average Bonchev–Trinajstić information content (AvgIpc) is 3.09. The Morgan fingerprint density at radius 1 is 1.30 bits per heavy atom. The van der Waals surface area contributed by atoms with E-state index in [0.29, 0.717) is 6.04 Å². The first-order chi connectivity index (χ1) is 9.83. The molecule has 1 N–H and O–H groups in total. The Labute approximate surface area is 124 Å². The summed E-state index contributed by atoms with van der Waals surface area (Å²) in [6.07, 6.45) is 12.5. The summed E-state index contributed by atoms with van der Waals surface area (Å²) in [7, 11) is 0. The van der Waals surface area contributed by atoms with Gasteiger partial charge in [0.05, 0.1) is 11.7 Å². The van der Waals surface area contributed by atoms with Crippen LogP contribution in [0.3, 0.4) is 0 Å². The van der Waals surface area contributed by atoms with E-state index >= 15 is 0 Å². The number of nitrogens with one attached hydrogen (secondary N) is 1. The van der Waals surface area contributed by atoms with Crippen LogP contribution >= 0.6 is 0 Å². The summed E-state index contributed by atoms with van der Waals surface area (Å²) in [6.45, 7) is 6.78. The number of aromatic nitrogens is 2. The minimum Gasteiger partial charge on any atom is -0.316 e. The molecular formula is C17H31N3. The second kappa shape index (κ2) is 8.46. The Bertz CT molecular complexity index is 366. The first-order valence-corrected chi connectivity index (χ1v) is 8.58. The molecule has 1 aromatic heterocycles. The van der Waals surface area contributed by atoms with Crippen molar-refractivity contribution in [2.75, 3.05) is 13.1 Å². The van der Waals surface area contributed by atoms with Gasteiger partial charge in [-0.25, -0.2) is 0 Å². The van der Waals surface area contributed by atoms with Gasteiger partial charge in [-0.2, -0.15) is 5.10 Å². The molecule has 2 rings (SSSR count). The minimum absolute atomic E-state index is 0.673. The van der Waals surface area contributed by atoms with Gasteiger partial charge in [0.2, 0.25) is 0 Å². The van der Waals surface area contributed by atoms with E-state index in [-0.39, 0.29) is 0 Å². The minimum atomic E-state index is 0.673. The molecule has 0 radical (unpaired) electrons. The highest BCUT2D eigenvalue weighted by Crippen LogP contribution is 2.28. The smallest absolute Gasteiger partial charge is 0.0627 e. The molecule has 20 heavy (non-hydrogen) atoms. The maximum atomic E-state index is 4.83. The summed E-state index contributed by atoms with van der Waals surface area (Å²) >= 11 is 0. The monoisotopic (exact) mass is 277 g/mol. The zero-order chi connectivity index (χ0) is 14.2. The Hall–Kier alpha value is -0.830. The molecule has 1 unspecified atom stereocenters. The van der Waals surface area contributed by atoms with Gasteiger partial charge in [0.15, 0.2) is 0 Å². The van der Waals surface area contributed by atoms with Crippen LogP contribution in [-0.4, -0.2) is 22.9 Å². The van der Waals surface area contributed by atoms with Crippen molar-refractivity contribution in [3.63, 3.8) is 0 Å². The third-order valence-electron chi connectivity index (χ3n) is 4.42. The fourth-order valence-corrected chi connectivity index (χ4v) is 3.32. The zero-order valence-corrected chi connectivity index (χ0v) is 13.3. The molecule has 0 spiro atoms. The second-order valence-electron chi connectivity index (χ2n) is 6.29. The van der Waals surface area contributed by atoms with Crippen LogP contribution in [0.25, 0.3) is 0 Å². The lowest BCUT2D eigenvalue weighted by Crippen LogP contribution is -2.25. The number of hydrogen-bond donors (Lipinski definition) is 1. The molecule has 1 aliphatic rings. The first-order valence-electron chi connectivity index (χ1n) is 8.58. The molecule has 1 fully saturated rings. The van der Waals surface area contributed by atoms with Crippen LogP contribution in [0.1, 0.15) is 70.5 Å². The van der Waals surface area contributed by atoms with Gasteiger partial charge >= 0.3 is 0 Å². The molecule has 0 saturated heterocycles. The van der Waals surface area contributed by atoms with E-state index in [1.54, 1.807) is 0 Å². The van der Waals surface area contributed by atoms with E-state index in [9.17, 15) is 0 Å². The van der Waals surface area contributed by atoms with Crippen molar-refractivity contribution in [1.29, 1.82) is 0 Å². The molecule has 0 bridgehead atoms. The summed E-state index contributed by atoms with van der Waals surface area (Å²) in [5.74, 6) is 0.735. The van der Waals surface area contributed by atoms with Gasteiger partial charge in [0, 0.05) is 6.20 Å². The van der Waals surface area contributed by atoms with Gasteiger partial charge < -0.3 is 5.32 Å². The van der Waals surface area contributed by atoms with E-state index in [0.717, 1.165) is 25.4 Å². The van der Waals surface area contributed by atoms with Crippen LogP contribution in [0.15, 0.2) is 12.3 Å². The molecule has 3 nitrogen and oxygen atoms in total. The second-order valence-corrected chi connectivity index (χ2v) is 6.29. The molecule has 1 aliphatic carbocycles. The van der Waals surface area contributed by atoms with Crippen LogP contribution < -0.4 is 5.32 Å². The third kappa shape index (κ3) is 4.62. The van der Waals surface area contributed by atoms with Gasteiger partial charge in [0.25, 0.3) is 0 Å². The number of hydrogen-bond acceptors (Lipinski definition) is 2. The molecule has 0 amide bonds. The van der Waals surface area contributed by atoms with Crippen molar-refractivity contribution in [1.82, 2.24) is 15.1 Å². The van der Waals surface area contributed by atoms with E-state index in [1.807, 2.05) is 0 Å². The van der Waals surface area contributed by atoms with Crippen molar-refractivity contribution < 1.29 is 0 Å².